The van der Waals surface area contributed by atoms with Crippen LogP contribution in [0.5, 0.6) is 0 Å². The quantitative estimate of drug-likeness (QED) is 0.313. The average molecular weight is 320 g/mol. The van der Waals surface area contributed by atoms with Crippen LogP contribution in [-0.4, -0.2) is 60.8 Å². The van der Waals surface area contributed by atoms with Gasteiger partial charge in [0, 0.05) is 0 Å². The molecule has 0 aromatic carbocycles. The molecule has 13 heteroatoms. The first-order valence-electron chi connectivity index (χ1n) is 1.46. The van der Waals surface area contributed by atoms with E-state index in [0.29, 0.717) is 0 Å². The van der Waals surface area contributed by atoms with Crippen LogP contribution < -0.4 is 29.4 Å². The molecular weight excluding hydrogens is 320 g/mol. The third-order valence-electron chi connectivity index (χ3n) is 0. The largest absolute Gasteiger partial charge is 2.00 e. The first kappa shape index (κ1) is 29.7. The summed E-state index contributed by atoms with van der Waals surface area (Å²) in [6.07, 6.45) is 0. The Morgan fingerprint density at radius 2 is 0.692 bits per heavy atom. The molecule has 0 fully saturated rings. The Hall–Kier alpha value is 2.87. The molecule has 0 aromatic rings. The summed E-state index contributed by atoms with van der Waals surface area (Å²) in [5.74, 6) is 0. The average Bonchev–Trinajstić information content (AvgIpc) is 1.12. The molecule has 0 spiro atoms. The van der Waals surface area contributed by atoms with Crippen LogP contribution in [0, 0.1) is 0 Å². The zero-order chi connectivity index (χ0) is 9.00. The van der Waals surface area contributed by atoms with E-state index in [2.05, 4.69) is 0 Å². The van der Waals surface area contributed by atoms with Gasteiger partial charge in [-0.2, -0.15) is 15.6 Å². The first-order chi connectivity index (χ1) is 4.00. The monoisotopic (exact) mass is 318 g/mol. The molecule has 0 aliphatic heterocycles. The van der Waals surface area contributed by atoms with Crippen molar-refractivity contribution in [2.75, 3.05) is 0 Å². The maximum atomic E-state index is 8.55. The summed E-state index contributed by atoms with van der Waals surface area (Å²) in [5.41, 5.74) is 0. The van der Waals surface area contributed by atoms with Crippen LogP contribution in [0.2, 0.25) is 0 Å². The second-order valence-electron chi connectivity index (χ2n) is 0.894. The van der Waals surface area contributed by atoms with E-state index in [0.717, 1.165) is 0 Å². The molecule has 0 bridgehead atoms. The van der Waals surface area contributed by atoms with Gasteiger partial charge >= 0.3 is 80.3 Å². The molecule has 0 aliphatic rings. The van der Waals surface area contributed by atoms with Crippen LogP contribution in [-0.2, 0) is 28.6 Å². The van der Waals surface area contributed by atoms with Gasteiger partial charge in [-0.3, -0.25) is 0 Å². The summed E-state index contributed by atoms with van der Waals surface area (Å²) < 4.78 is 17.1. The van der Waals surface area contributed by atoms with Crippen molar-refractivity contribution in [3.63, 3.8) is 0 Å². The second-order valence-corrected chi connectivity index (χ2v) is 2.68. The van der Waals surface area contributed by atoms with E-state index in [-0.39, 0.29) is 80.3 Å². The molecule has 0 aromatic heterocycles. The van der Waals surface area contributed by atoms with Gasteiger partial charge in [-0.05, 0) is 0 Å². The van der Waals surface area contributed by atoms with Crippen molar-refractivity contribution >= 4 is 76.4 Å². The zero-order valence-corrected chi connectivity index (χ0v) is 14.7. The minimum Gasteiger partial charge on any atom is -0.822 e. The van der Waals surface area contributed by atoms with E-state index in [1.165, 1.54) is 0 Å². The molecule has 64 valence electrons. The summed E-state index contributed by atoms with van der Waals surface area (Å²) in [7, 11) is -10.8. The maximum absolute atomic E-state index is 8.55. The van der Waals surface area contributed by atoms with E-state index in [1.807, 2.05) is 0 Å². The standard InChI is InChI=1S/Ca.Mg.2H3O4P.Zn/c;;2*1-5(2,3)4;/h;;2*(H3,1,2,3,4);/q2*+2;;;+2/p-6. The molecule has 0 atom stereocenters. The fraction of sp³-hybridized carbons (Fsp3) is 0. The van der Waals surface area contributed by atoms with E-state index < -0.39 is 15.6 Å². The van der Waals surface area contributed by atoms with Crippen molar-refractivity contribution in [1.82, 2.24) is 0 Å². The van der Waals surface area contributed by atoms with Crippen molar-refractivity contribution in [3.8, 4) is 0 Å². The van der Waals surface area contributed by atoms with Crippen molar-refractivity contribution in [2.24, 2.45) is 0 Å². The Bertz CT molecular complexity index is 134. The van der Waals surface area contributed by atoms with Crippen LogP contribution in [0.1, 0.15) is 0 Å². The number of phosphoric acid groups is 2. The van der Waals surface area contributed by atoms with E-state index in [9.17, 15) is 0 Å². The van der Waals surface area contributed by atoms with Gasteiger partial charge in [0.05, 0.1) is 0 Å². The van der Waals surface area contributed by atoms with Gasteiger partial charge in [0.2, 0.25) is 0 Å². The molecule has 0 rings (SSSR count). The fourth-order valence-corrected chi connectivity index (χ4v) is 0. The summed E-state index contributed by atoms with van der Waals surface area (Å²) >= 11 is 0. The third-order valence-corrected chi connectivity index (χ3v) is 0. The topological polar surface area (TPSA) is 172 Å². The van der Waals surface area contributed by atoms with Gasteiger partial charge in [-0.25, -0.2) is 0 Å². The number of hydrogen-bond acceptors (Lipinski definition) is 8. The predicted molar refractivity (Wildman–Crippen MR) is 26.7 cm³/mol. The van der Waals surface area contributed by atoms with Crippen molar-refractivity contribution < 1.29 is 58.0 Å². The van der Waals surface area contributed by atoms with Crippen molar-refractivity contribution in [3.05, 3.63) is 0 Å². The molecule has 0 amide bonds. The molecule has 0 aliphatic carbocycles. The molecule has 8 nitrogen and oxygen atoms in total. The van der Waals surface area contributed by atoms with E-state index >= 15 is 0 Å². The smallest absolute Gasteiger partial charge is 0.822 e. The molecule has 0 saturated heterocycles. The SMILES string of the molecule is O=P([O-])([O-])[O-].O=P([O-])([O-])[O-].[Ca+2].[Mg+2].[Zn+2]. The Morgan fingerprint density at radius 1 is 0.692 bits per heavy atom. The Kier molecular flexibility index (Phi) is 29.6. The first-order valence-corrected chi connectivity index (χ1v) is 4.38. The van der Waals surface area contributed by atoms with Gasteiger partial charge in [-0.1, -0.05) is 0 Å². The minimum atomic E-state index is -5.39. The molecule has 0 radical (unpaired) electrons. The van der Waals surface area contributed by atoms with Gasteiger partial charge in [0.1, 0.15) is 0 Å². The number of hydrogen-bond donors (Lipinski definition) is 0. The summed E-state index contributed by atoms with van der Waals surface area (Å²) in [6, 6.07) is 0. The Morgan fingerprint density at radius 3 is 0.692 bits per heavy atom. The fourth-order valence-electron chi connectivity index (χ4n) is 0. The van der Waals surface area contributed by atoms with Crippen LogP contribution >= 0.6 is 15.6 Å². The van der Waals surface area contributed by atoms with Crippen LogP contribution in [0.25, 0.3) is 0 Å². The maximum Gasteiger partial charge on any atom is 2.00 e. The van der Waals surface area contributed by atoms with Gasteiger partial charge in [0.15, 0.2) is 0 Å². The van der Waals surface area contributed by atoms with E-state index in [4.69, 9.17) is 38.5 Å². The molecule has 0 N–H and O–H groups in total. The molecule has 0 saturated carbocycles. The zero-order valence-electron chi connectivity index (χ0n) is 6.28. The van der Waals surface area contributed by atoms with Crippen LogP contribution in [0.15, 0.2) is 0 Å². The normalized spacial score (nSPS) is 9.08. The second kappa shape index (κ2) is 12.9. The summed E-state index contributed by atoms with van der Waals surface area (Å²) in [6.45, 7) is 0. The minimum absolute atomic E-state index is 0. The summed E-state index contributed by atoms with van der Waals surface area (Å²) in [5, 5.41) is 0. The number of rotatable bonds is 0. The van der Waals surface area contributed by atoms with E-state index in [1.54, 1.807) is 0 Å². The molecule has 0 heterocycles. The van der Waals surface area contributed by atoms with Crippen molar-refractivity contribution in [1.29, 1.82) is 0 Å². The van der Waals surface area contributed by atoms with Crippen LogP contribution in [0.3, 0.4) is 0 Å². The Labute approximate surface area is 133 Å². The molecular formula is CaMgO8P2Zn. The molecule has 13 heavy (non-hydrogen) atoms. The molecule has 0 unspecified atom stereocenters. The summed E-state index contributed by atoms with van der Waals surface area (Å²) in [4.78, 5) is 51.3. The third kappa shape index (κ3) is 299. The predicted octanol–water partition coefficient (Wildman–Crippen LogP) is -6.41. The van der Waals surface area contributed by atoms with Gasteiger partial charge in [0.25, 0.3) is 0 Å². The van der Waals surface area contributed by atoms with Gasteiger partial charge < -0.3 is 38.5 Å². The van der Waals surface area contributed by atoms with Gasteiger partial charge in [-0.15, -0.1) is 0 Å². The van der Waals surface area contributed by atoms with Crippen molar-refractivity contribution in [2.45, 2.75) is 0 Å². The Balaban J connectivity index is -0.0000000267. The van der Waals surface area contributed by atoms with Crippen LogP contribution in [0.4, 0.5) is 0 Å².